The fraction of sp³-hybridized carbons (Fsp3) is 0.600. The molecule has 0 amide bonds. The van der Waals surface area contributed by atoms with Gasteiger partial charge in [-0.2, -0.15) is 0 Å². The molecule has 1 N–H and O–H groups in total. The number of methoxy groups -OCH3 is 1. The van der Waals surface area contributed by atoms with E-state index >= 15 is 0 Å². The predicted octanol–water partition coefficient (Wildman–Crippen LogP) is 3.28. The standard InChI is InChI=1S/C15H23BrN2O/c1-11(2)17-9-12-6-7-18(10-12)14-8-13(16)4-5-15(14)19-3/h4-5,8,11-12,17H,6-7,9-10H2,1-3H3. The second kappa shape index (κ2) is 6.62. The average Bonchev–Trinajstić information content (AvgIpc) is 2.85. The van der Waals surface area contributed by atoms with Crippen LogP contribution in [0.25, 0.3) is 0 Å². The Morgan fingerprint density at radius 1 is 1.47 bits per heavy atom. The highest BCUT2D eigenvalue weighted by Crippen LogP contribution is 2.34. The molecule has 106 valence electrons. The van der Waals surface area contributed by atoms with Gasteiger partial charge >= 0.3 is 0 Å². The molecule has 0 spiro atoms. The van der Waals surface area contributed by atoms with Gasteiger partial charge in [0.05, 0.1) is 12.8 Å². The van der Waals surface area contributed by atoms with Crippen LogP contribution >= 0.6 is 15.9 Å². The van der Waals surface area contributed by atoms with Crippen LogP contribution in [-0.2, 0) is 0 Å². The van der Waals surface area contributed by atoms with E-state index in [0.29, 0.717) is 6.04 Å². The van der Waals surface area contributed by atoms with E-state index in [-0.39, 0.29) is 0 Å². The Morgan fingerprint density at radius 2 is 2.26 bits per heavy atom. The van der Waals surface area contributed by atoms with Crippen molar-refractivity contribution in [3.63, 3.8) is 0 Å². The minimum absolute atomic E-state index is 0.564. The first-order valence-electron chi connectivity index (χ1n) is 6.92. The van der Waals surface area contributed by atoms with Gasteiger partial charge in [-0.1, -0.05) is 29.8 Å². The van der Waals surface area contributed by atoms with Gasteiger partial charge in [0.2, 0.25) is 0 Å². The van der Waals surface area contributed by atoms with Crippen molar-refractivity contribution >= 4 is 21.6 Å². The van der Waals surface area contributed by atoms with Crippen molar-refractivity contribution in [1.82, 2.24) is 5.32 Å². The van der Waals surface area contributed by atoms with Gasteiger partial charge < -0.3 is 15.0 Å². The topological polar surface area (TPSA) is 24.5 Å². The molecule has 1 atom stereocenters. The molecule has 1 fully saturated rings. The lowest BCUT2D eigenvalue weighted by Crippen LogP contribution is -2.30. The fourth-order valence-corrected chi connectivity index (χ4v) is 2.88. The molecule has 19 heavy (non-hydrogen) atoms. The first-order valence-corrected chi connectivity index (χ1v) is 7.71. The number of nitrogens with one attached hydrogen (secondary N) is 1. The summed E-state index contributed by atoms with van der Waals surface area (Å²) in [4.78, 5) is 2.43. The Kier molecular flexibility index (Phi) is 5.11. The average molecular weight is 327 g/mol. The second-order valence-corrected chi connectivity index (χ2v) is 6.40. The monoisotopic (exact) mass is 326 g/mol. The second-order valence-electron chi connectivity index (χ2n) is 5.48. The molecule has 1 aliphatic rings. The van der Waals surface area contributed by atoms with E-state index in [2.05, 4.69) is 46.1 Å². The van der Waals surface area contributed by atoms with Crippen LogP contribution < -0.4 is 15.0 Å². The van der Waals surface area contributed by atoms with Crippen molar-refractivity contribution in [3.8, 4) is 5.75 Å². The van der Waals surface area contributed by atoms with E-state index in [1.165, 1.54) is 12.1 Å². The van der Waals surface area contributed by atoms with Crippen molar-refractivity contribution in [2.45, 2.75) is 26.3 Å². The molecule has 0 bridgehead atoms. The molecule has 4 heteroatoms. The van der Waals surface area contributed by atoms with Crippen molar-refractivity contribution in [1.29, 1.82) is 0 Å². The highest BCUT2D eigenvalue weighted by molar-refractivity contribution is 9.10. The number of hydrogen-bond acceptors (Lipinski definition) is 3. The quantitative estimate of drug-likeness (QED) is 0.898. The molecule has 3 nitrogen and oxygen atoms in total. The van der Waals surface area contributed by atoms with Crippen molar-refractivity contribution in [3.05, 3.63) is 22.7 Å². The van der Waals surface area contributed by atoms with E-state index < -0.39 is 0 Å². The first-order chi connectivity index (χ1) is 9.10. The molecular weight excluding hydrogens is 304 g/mol. The third-order valence-corrected chi connectivity index (χ3v) is 4.08. The molecule has 1 heterocycles. The van der Waals surface area contributed by atoms with Crippen LogP contribution in [0.5, 0.6) is 5.75 Å². The maximum absolute atomic E-state index is 5.47. The summed E-state index contributed by atoms with van der Waals surface area (Å²) in [6, 6.07) is 6.77. The molecule has 1 aliphatic heterocycles. The van der Waals surface area contributed by atoms with E-state index in [9.17, 15) is 0 Å². The molecular formula is C15H23BrN2O. The molecule has 1 saturated heterocycles. The molecule has 0 radical (unpaired) electrons. The number of benzene rings is 1. The molecule has 1 aromatic rings. The van der Waals surface area contributed by atoms with E-state index in [4.69, 9.17) is 4.74 Å². The number of anilines is 1. The van der Waals surface area contributed by atoms with Crippen molar-refractivity contribution in [2.24, 2.45) is 5.92 Å². The Hall–Kier alpha value is -0.740. The number of ether oxygens (including phenoxy) is 1. The van der Waals surface area contributed by atoms with Crippen LogP contribution in [0.2, 0.25) is 0 Å². The number of nitrogens with zero attached hydrogens (tertiary/aromatic N) is 1. The summed E-state index contributed by atoms with van der Waals surface area (Å²) >= 11 is 3.54. The summed E-state index contributed by atoms with van der Waals surface area (Å²) in [5, 5.41) is 3.53. The van der Waals surface area contributed by atoms with Crippen LogP contribution in [-0.4, -0.2) is 32.8 Å². The zero-order valence-electron chi connectivity index (χ0n) is 11.9. The van der Waals surface area contributed by atoms with Gasteiger partial charge in [-0.3, -0.25) is 0 Å². The lowest BCUT2D eigenvalue weighted by atomic mass is 10.1. The summed E-state index contributed by atoms with van der Waals surface area (Å²) in [5.41, 5.74) is 1.20. The highest BCUT2D eigenvalue weighted by atomic mass is 79.9. The van der Waals surface area contributed by atoms with Crippen molar-refractivity contribution in [2.75, 3.05) is 31.6 Å². The van der Waals surface area contributed by atoms with Crippen LogP contribution in [0.3, 0.4) is 0 Å². The van der Waals surface area contributed by atoms with Crippen molar-refractivity contribution < 1.29 is 4.74 Å². The Labute approximate surface area is 124 Å². The minimum atomic E-state index is 0.564. The van der Waals surface area contributed by atoms with Gasteiger partial charge in [-0.25, -0.2) is 0 Å². The highest BCUT2D eigenvalue weighted by Gasteiger charge is 2.24. The van der Waals surface area contributed by atoms with E-state index in [0.717, 1.165) is 35.8 Å². The zero-order chi connectivity index (χ0) is 13.8. The van der Waals surface area contributed by atoms with Crippen LogP contribution in [0, 0.1) is 5.92 Å². The lowest BCUT2D eigenvalue weighted by molar-refractivity contribution is 0.414. The van der Waals surface area contributed by atoms with Gasteiger partial charge in [-0.15, -0.1) is 0 Å². The number of halogens is 1. The molecule has 2 rings (SSSR count). The SMILES string of the molecule is COc1ccc(Br)cc1N1CCC(CNC(C)C)C1. The maximum Gasteiger partial charge on any atom is 0.142 e. The van der Waals surface area contributed by atoms with E-state index in [1.807, 2.05) is 12.1 Å². The summed E-state index contributed by atoms with van der Waals surface area (Å²) in [7, 11) is 1.74. The van der Waals surface area contributed by atoms with Gasteiger partial charge in [0.1, 0.15) is 5.75 Å². The maximum atomic E-state index is 5.47. The summed E-state index contributed by atoms with van der Waals surface area (Å²) in [5.74, 6) is 1.69. The smallest absolute Gasteiger partial charge is 0.142 e. The van der Waals surface area contributed by atoms with Gasteiger partial charge in [0.15, 0.2) is 0 Å². The Balaban J connectivity index is 2.02. The minimum Gasteiger partial charge on any atom is -0.495 e. The van der Waals surface area contributed by atoms with Crippen LogP contribution in [0.1, 0.15) is 20.3 Å². The summed E-state index contributed by atoms with van der Waals surface area (Å²) < 4.78 is 6.57. The normalized spacial score (nSPS) is 19.2. The Morgan fingerprint density at radius 3 is 2.95 bits per heavy atom. The molecule has 0 saturated carbocycles. The fourth-order valence-electron chi connectivity index (χ4n) is 2.53. The molecule has 1 unspecified atom stereocenters. The first kappa shape index (κ1) is 14.7. The van der Waals surface area contributed by atoms with Gasteiger partial charge in [-0.05, 0) is 37.1 Å². The van der Waals surface area contributed by atoms with Gasteiger partial charge in [0, 0.05) is 23.6 Å². The predicted molar refractivity (Wildman–Crippen MR) is 84.2 cm³/mol. The number of rotatable bonds is 5. The van der Waals surface area contributed by atoms with Crippen LogP contribution in [0.15, 0.2) is 22.7 Å². The molecule has 0 aromatic heterocycles. The van der Waals surface area contributed by atoms with Crippen LogP contribution in [0.4, 0.5) is 5.69 Å². The molecule has 1 aromatic carbocycles. The largest absolute Gasteiger partial charge is 0.495 e. The van der Waals surface area contributed by atoms with Gasteiger partial charge in [0.25, 0.3) is 0 Å². The third-order valence-electron chi connectivity index (χ3n) is 3.58. The summed E-state index contributed by atoms with van der Waals surface area (Å²) in [6.07, 6.45) is 1.25. The Bertz CT molecular complexity index is 423. The molecule has 0 aliphatic carbocycles. The third kappa shape index (κ3) is 3.86. The summed E-state index contributed by atoms with van der Waals surface area (Å²) in [6.45, 7) is 7.71. The van der Waals surface area contributed by atoms with E-state index in [1.54, 1.807) is 7.11 Å². The lowest BCUT2D eigenvalue weighted by Gasteiger charge is -2.22. The zero-order valence-corrected chi connectivity index (χ0v) is 13.5. The number of hydrogen-bond donors (Lipinski definition) is 1.